The van der Waals surface area contributed by atoms with E-state index < -0.39 is 0 Å². The van der Waals surface area contributed by atoms with Gasteiger partial charge >= 0.3 is 0 Å². The van der Waals surface area contributed by atoms with Crippen molar-refractivity contribution >= 4 is 11.7 Å². The molecule has 0 aromatic carbocycles. The molecule has 0 spiro atoms. The molecule has 0 aliphatic carbocycles. The van der Waals surface area contributed by atoms with Gasteiger partial charge in [-0.3, -0.25) is 4.79 Å². The van der Waals surface area contributed by atoms with Crippen LogP contribution in [0.2, 0.25) is 0 Å². The molecule has 8 heteroatoms. The third-order valence-electron chi connectivity index (χ3n) is 3.78. The summed E-state index contributed by atoms with van der Waals surface area (Å²) in [5.41, 5.74) is 0. The molecular formula is C14H18N6O2. The van der Waals surface area contributed by atoms with Crippen molar-refractivity contribution in [2.45, 2.75) is 18.6 Å². The lowest BCUT2D eigenvalue weighted by Gasteiger charge is -2.25. The average molecular weight is 302 g/mol. The lowest BCUT2D eigenvalue weighted by atomic mass is 10.2. The first-order valence-electron chi connectivity index (χ1n) is 7.11. The first-order chi connectivity index (χ1) is 10.8. The van der Waals surface area contributed by atoms with Gasteiger partial charge in [-0.2, -0.15) is 0 Å². The van der Waals surface area contributed by atoms with E-state index in [-0.39, 0.29) is 18.1 Å². The number of nitrogens with one attached hydrogen (secondary N) is 2. The van der Waals surface area contributed by atoms with Gasteiger partial charge in [-0.05, 0) is 12.5 Å². The minimum absolute atomic E-state index is 0.124. The molecule has 8 nitrogen and oxygen atoms in total. The summed E-state index contributed by atoms with van der Waals surface area (Å²) in [7, 11) is 1.70. The molecule has 22 heavy (non-hydrogen) atoms. The lowest BCUT2D eigenvalue weighted by Crippen LogP contribution is -2.40. The van der Waals surface area contributed by atoms with E-state index >= 15 is 0 Å². The summed E-state index contributed by atoms with van der Waals surface area (Å²) in [6.45, 7) is 1.25. The molecule has 2 aromatic rings. The zero-order chi connectivity index (χ0) is 15.4. The van der Waals surface area contributed by atoms with Crippen LogP contribution in [-0.2, 0) is 4.74 Å². The van der Waals surface area contributed by atoms with Crippen molar-refractivity contribution in [2.24, 2.45) is 0 Å². The van der Waals surface area contributed by atoms with Gasteiger partial charge in [0, 0.05) is 38.8 Å². The highest BCUT2D eigenvalue weighted by atomic mass is 16.5. The summed E-state index contributed by atoms with van der Waals surface area (Å²) in [5, 5.41) is 2.90. The first-order valence-corrected chi connectivity index (χ1v) is 7.11. The van der Waals surface area contributed by atoms with E-state index in [1.807, 2.05) is 6.07 Å². The van der Waals surface area contributed by atoms with Crippen LogP contribution in [-0.4, -0.2) is 58.2 Å². The van der Waals surface area contributed by atoms with Gasteiger partial charge in [-0.1, -0.05) is 0 Å². The monoisotopic (exact) mass is 302 g/mol. The van der Waals surface area contributed by atoms with Crippen LogP contribution < -0.4 is 10.2 Å². The predicted molar refractivity (Wildman–Crippen MR) is 79.5 cm³/mol. The Morgan fingerprint density at radius 1 is 1.50 bits per heavy atom. The molecule has 1 aliphatic rings. The van der Waals surface area contributed by atoms with Crippen LogP contribution in [0, 0.1) is 0 Å². The number of methoxy groups -OCH3 is 1. The fourth-order valence-electron chi connectivity index (χ4n) is 2.66. The third kappa shape index (κ3) is 3.06. The number of aromatic nitrogens is 4. The molecular weight excluding hydrogens is 284 g/mol. The quantitative estimate of drug-likeness (QED) is 0.820. The van der Waals surface area contributed by atoms with Crippen LogP contribution in [0.25, 0.3) is 0 Å². The molecule has 116 valence electrons. The van der Waals surface area contributed by atoms with Gasteiger partial charge in [0.25, 0.3) is 5.91 Å². The Labute approximate surface area is 127 Å². The lowest BCUT2D eigenvalue weighted by molar-refractivity contribution is 0.0937. The number of anilines is 1. The van der Waals surface area contributed by atoms with E-state index in [4.69, 9.17) is 4.74 Å². The highest BCUT2D eigenvalue weighted by Gasteiger charge is 2.33. The summed E-state index contributed by atoms with van der Waals surface area (Å²) in [6.07, 6.45) is 7.37. The van der Waals surface area contributed by atoms with Crippen LogP contribution in [0.15, 0.2) is 31.0 Å². The molecule has 2 N–H and O–H groups in total. The second-order valence-corrected chi connectivity index (χ2v) is 5.11. The van der Waals surface area contributed by atoms with Crippen molar-refractivity contribution in [2.75, 3.05) is 25.1 Å². The number of imidazole rings is 1. The van der Waals surface area contributed by atoms with Crippen LogP contribution in [0.3, 0.4) is 0 Å². The topological polar surface area (TPSA) is 96.0 Å². The van der Waals surface area contributed by atoms with Crippen molar-refractivity contribution in [1.29, 1.82) is 0 Å². The Hall–Kier alpha value is -2.48. The third-order valence-corrected chi connectivity index (χ3v) is 3.78. The van der Waals surface area contributed by atoms with Crippen LogP contribution in [0.5, 0.6) is 0 Å². The number of amides is 1. The van der Waals surface area contributed by atoms with Crippen molar-refractivity contribution in [3.63, 3.8) is 0 Å². The Bertz CT molecular complexity index is 603. The minimum Gasteiger partial charge on any atom is -0.380 e. The summed E-state index contributed by atoms with van der Waals surface area (Å²) in [4.78, 5) is 29.1. The molecule has 1 aliphatic heterocycles. The summed E-state index contributed by atoms with van der Waals surface area (Å²) < 4.78 is 5.46. The van der Waals surface area contributed by atoms with Gasteiger partial charge < -0.3 is 19.9 Å². The normalized spacial score (nSPS) is 21.0. The molecule has 2 aromatic heterocycles. The van der Waals surface area contributed by atoms with Gasteiger partial charge in [0.1, 0.15) is 12.1 Å². The van der Waals surface area contributed by atoms with Crippen molar-refractivity contribution in [3.05, 3.63) is 36.8 Å². The van der Waals surface area contributed by atoms with E-state index in [1.165, 1.54) is 6.33 Å². The maximum atomic E-state index is 12.0. The van der Waals surface area contributed by atoms with Gasteiger partial charge in [-0.25, -0.2) is 15.0 Å². The number of carbonyl (C=O) groups is 1. The highest BCUT2D eigenvalue weighted by Crippen LogP contribution is 2.24. The van der Waals surface area contributed by atoms with Crippen LogP contribution in [0.4, 0.5) is 5.82 Å². The summed E-state index contributed by atoms with van der Waals surface area (Å²) in [6, 6.07) is 1.98. The number of hydrogen-bond donors (Lipinski definition) is 2. The Kier molecular flexibility index (Phi) is 4.29. The highest BCUT2D eigenvalue weighted by molar-refractivity contribution is 5.90. The van der Waals surface area contributed by atoms with Gasteiger partial charge in [0.15, 0.2) is 5.82 Å². The standard InChI is InChI=1S/C14H18N6O2/c1-22-11-6-10(7-18-14(21)13-16-4-5-17-13)20(8-11)12-2-3-15-9-19-12/h2-5,9-11H,6-8H2,1H3,(H,16,17)(H,18,21)/t10-,11-/m1/s1. The van der Waals surface area contributed by atoms with E-state index in [0.29, 0.717) is 12.4 Å². The second-order valence-electron chi connectivity index (χ2n) is 5.11. The minimum atomic E-state index is -0.214. The Balaban J connectivity index is 1.66. The zero-order valence-electron chi connectivity index (χ0n) is 12.3. The fraction of sp³-hybridized carbons (Fsp3) is 0.429. The number of ether oxygens (including phenoxy) is 1. The van der Waals surface area contributed by atoms with Crippen molar-refractivity contribution in [1.82, 2.24) is 25.3 Å². The number of aromatic amines is 1. The van der Waals surface area contributed by atoms with E-state index in [9.17, 15) is 4.79 Å². The maximum absolute atomic E-state index is 12.0. The summed E-state index contributed by atoms with van der Waals surface area (Å²) >= 11 is 0. The molecule has 3 heterocycles. The fourth-order valence-corrected chi connectivity index (χ4v) is 2.66. The largest absolute Gasteiger partial charge is 0.380 e. The number of H-pyrrole nitrogens is 1. The Morgan fingerprint density at radius 3 is 3.09 bits per heavy atom. The molecule has 3 rings (SSSR count). The molecule has 0 saturated carbocycles. The number of nitrogens with zero attached hydrogens (tertiary/aromatic N) is 4. The zero-order valence-corrected chi connectivity index (χ0v) is 12.3. The molecule has 2 atom stereocenters. The first kappa shape index (κ1) is 14.5. The van der Waals surface area contributed by atoms with E-state index in [0.717, 1.165) is 18.8 Å². The molecule has 0 radical (unpaired) electrons. The summed E-state index contributed by atoms with van der Waals surface area (Å²) in [5.74, 6) is 0.940. The molecule has 0 bridgehead atoms. The average Bonchev–Trinajstić information content (AvgIpc) is 3.23. The Morgan fingerprint density at radius 2 is 2.41 bits per heavy atom. The number of carbonyl (C=O) groups excluding carboxylic acids is 1. The van der Waals surface area contributed by atoms with Crippen LogP contribution >= 0.6 is 0 Å². The second kappa shape index (κ2) is 6.52. The number of hydrogen-bond acceptors (Lipinski definition) is 6. The smallest absolute Gasteiger partial charge is 0.287 e. The van der Waals surface area contributed by atoms with Gasteiger partial charge in [0.05, 0.1) is 12.1 Å². The SMILES string of the molecule is CO[C@@H]1C[C@H](CNC(=O)c2ncc[nH]2)N(c2ccncn2)C1. The molecule has 1 saturated heterocycles. The molecule has 1 amide bonds. The molecule has 0 unspecified atom stereocenters. The van der Waals surface area contributed by atoms with Gasteiger partial charge in [-0.15, -0.1) is 0 Å². The van der Waals surface area contributed by atoms with Crippen LogP contribution in [0.1, 0.15) is 17.0 Å². The van der Waals surface area contributed by atoms with Crippen molar-refractivity contribution in [3.8, 4) is 0 Å². The van der Waals surface area contributed by atoms with E-state index in [2.05, 4.69) is 30.2 Å². The maximum Gasteiger partial charge on any atom is 0.287 e. The number of rotatable bonds is 5. The van der Waals surface area contributed by atoms with Crippen molar-refractivity contribution < 1.29 is 9.53 Å². The van der Waals surface area contributed by atoms with Gasteiger partial charge in [0.2, 0.25) is 0 Å². The van der Waals surface area contributed by atoms with E-state index in [1.54, 1.807) is 25.7 Å². The predicted octanol–water partition coefficient (Wildman–Crippen LogP) is 0.223. The molecule has 1 fully saturated rings.